The molecule has 0 atom stereocenters. The standard InChI is InChI=1S/C15H17N3OS/c1-11-8-13(2-5-16-11)12-3-6-18(7-4-12)15(19)14-9-20-10-17-14/h2,5,8-10,12H,3-4,6-7H2,1H3. The second kappa shape index (κ2) is 5.71. The highest BCUT2D eigenvalue weighted by molar-refractivity contribution is 7.07. The molecule has 2 aromatic rings. The van der Waals surface area contributed by atoms with Crippen LogP contribution in [0.2, 0.25) is 0 Å². The molecular formula is C15H17N3OS. The Bertz CT molecular complexity index is 589. The van der Waals surface area contributed by atoms with E-state index in [1.807, 2.05) is 23.4 Å². The molecule has 0 spiro atoms. The van der Waals surface area contributed by atoms with Gasteiger partial charge in [-0.05, 0) is 43.4 Å². The molecule has 3 rings (SSSR count). The third kappa shape index (κ3) is 2.72. The van der Waals surface area contributed by atoms with Gasteiger partial charge in [0.1, 0.15) is 5.69 Å². The molecule has 0 saturated carbocycles. The number of hydrogen-bond acceptors (Lipinski definition) is 4. The third-order valence-corrected chi connectivity index (χ3v) is 4.41. The molecule has 1 saturated heterocycles. The van der Waals surface area contributed by atoms with Crippen LogP contribution in [0.5, 0.6) is 0 Å². The molecule has 2 aromatic heterocycles. The Balaban J connectivity index is 1.64. The Morgan fingerprint density at radius 2 is 2.15 bits per heavy atom. The Hall–Kier alpha value is -1.75. The SMILES string of the molecule is Cc1cc(C2CCN(C(=O)c3cscn3)CC2)ccn1. The van der Waals surface area contributed by atoms with Crippen molar-refractivity contribution in [1.82, 2.24) is 14.9 Å². The number of carbonyl (C=O) groups is 1. The molecule has 0 N–H and O–H groups in total. The minimum atomic E-state index is 0.0654. The van der Waals surface area contributed by atoms with E-state index in [9.17, 15) is 4.79 Å². The summed E-state index contributed by atoms with van der Waals surface area (Å²) in [4.78, 5) is 22.5. The van der Waals surface area contributed by atoms with Gasteiger partial charge in [-0.1, -0.05) is 0 Å². The Morgan fingerprint density at radius 3 is 2.80 bits per heavy atom. The number of likely N-dealkylation sites (tertiary alicyclic amines) is 1. The number of carbonyl (C=O) groups excluding carboxylic acids is 1. The zero-order valence-corrected chi connectivity index (χ0v) is 12.3. The van der Waals surface area contributed by atoms with E-state index in [1.54, 1.807) is 5.51 Å². The minimum Gasteiger partial charge on any atom is -0.337 e. The lowest BCUT2D eigenvalue weighted by atomic mass is 9.89. The number of aryl methyl sites for hydroxylation is 1. The summed E-state index contributed by atoms with van der Waals surface area (Å²) < 4.78 is 0. The average molecular weight is 287 g/mol. The van der Waals surface area contributed by atoms with E-state index >= 15 is 0 Å². The number of nitrogens with zero attached hydrogens (tertiary/aromatic N) is 3. The fourth-order valence-electron chi connectivity index (χ4n) is 2.72. The highest BCUT2D eigenvalue weighted by Gasteiger charge is 2.25. The first-order valence-corrected chi connectivity index (χ1v) is 7.78. The first kappa shape index (κ1) is 13.2. The topological polar surface area (TPSA) is 46.1 Å². The van der Waals surface area contributed by atoms with E-state index in [0.29, 0.717) is 11.6 Å². The van der Waals surface area contributed by atoms with Crippen LogP contribution >= 0.6 is 11.3 Å². The molecule has 0 aromatic carbocycles. The third-order valence-electron chi connectivity index (χ3n) is 3.83. The second-order valence-corrected chi connectivity index (χ2v) is 5.89. The smallest absolute Gasteiger partial charge is 0.273 e. The number of aromatic nitrogens is 2. The molecule has 104 valence electrons. The van der Waals surface area contributed by atoms with E-state index in [4.69, 9.17) is 0 Å². The highest BCUT2D eigenvalue weighted by atomic mass is 32.1. The van der Waals surface area contributed by atoms with Crippen molar-refractivity contribution in [2.75, 3.05) is 13.1 Å². The van der Waals surface area contributed by atoms with Crippen LogP contribution in [0.15, 0.2) is 29.2 Å². The molecule has 1 aliphatic rings. The van der Waals surface area contributed by atoms with Crippen molar-refractivity contribution in [3.05, 3.63) is 46.2 Å². The lowest BCUT2D eigenvalue weighted by Gasteiger charge is -2.31. The summed E-state index contributed by atoms with van der Waals surface area (Å²) in [5, 5.41) is 1.82. The summed E-state index contributed by atoms with van der Waals surface area (Å²) in [7, 11) is 0. The van der Waals surface area contributed by atoms with Gasteiger partial charge in [0, 0.05) is 30.4 Å². The van der Waals surface area contributed by atoms with E-state index < -0.39 is 0 Å². The zero-order chi connectivity index (χ0) is 13.9. The highest BCUT2D eigenvalue weighted by Crippen LogP contribution is 2.28. The first-order chi connectivity index (χ1) is 9.74. The van der Waals surface area contributed by atoms with Crippen LogP contribution in [0.3, 0.4) is 0 Å². The lowest BCUT2D eigenvalue weighted by Crippen LogP contribution is -2.38. The van der Waals surface area contributed by atoms with Crippen molar-refractivity contribution in [3.63, 3.8) is 0 Å². The van der Waals surface area contributed by atoms with Crippen LogP contribution < -0.4 is 0 Å². The summed E-state index contributed by atoms with van der Waals surface area (Å²) in [6.45, 7) is 3.63. The van der Waals surface area contributed by atoms with Crippen molar-refractivity contribution < 1.29 is 4.79 Å². The summed E-state index contributed by atoms with van der Waals surface area (Å²) in [6, 6.07) is 4.25. The van der Waals surface area contributed by atoms with Crippen molar-refractivity contribution >= 4 is 17.2 Å². The van der Waals surface area contributed by atoms with Gasteiger partial charge in [0.2, 0.25) is 0 Å². The van der Waals surface area contributed by atoms with Crippen molar-refractivity contribution in [2.24, 2.45) is 0 Å². The molecule has 1 aliphatic heterocycles. The van der Waals surface area contributed by atoms with Gasteiger partial charge in [-0.2, -0.15) is 0 Å². The fourth-order valence-corrected chi connectivity index (χ4v) is 3.24. The largest absolute Gasteiger partial charge is 0.337 e. The van der Waals surface area contributed by atoms with Crippen LogP contribution in [0.25, 0.3) is 0 Å². The van der Waals surface area contributed by atoms with Gasteiger partial charge in [0.25, 0.3) is 5.91 Å². The number of hydrogen-bond donors (Lipinski definition) is 0. The van der Waals surface area contributed by atoms with Gasteiger partial charge in [-0.3, -0.25) is 9.78 Å². The maximum Gasteiger partial charge on any atom is 0.273 e. The molecule has 1 fully saturated rings. The van der Waals surface area contributed by atoms with Gasteiger partial charge < -0.3 is 4.90 Å². The summed E-state index contributed by atoms with van der Waals surface area (Å²) in [5.41, 5.74) is 4.69. The number of pyridine rings is 1. The maximum absolute atomic E-state index is 12.2. The van der Waals surface area contributed by atoms with Crippen LogP contribution in [-0.2, 0) is 0 Å². The fraction of sp³-hybridized carbons (Fsp3) is 0.400. The second-order valence-electron chi connectivity index (χ2n) is 5.17. The molecule has 1 amide bonds. The van der Waals surface area contributed by atoms with E-state index in [-0.39, 0.29) is 5.91 Å². The van der Waals surface area contributed by atoms with E-state index in [1.165, 1.54) is 16.9 Å². The van der Waals surface area contributed by atoms with E-state index in [0.717, 1.165) is 31.6 Å². The van der Waals surface area contributed by atoms with Crippen LogP contribution in [-0.4, -0.2) is 33.9 Å². The van der Waals surface area contributed by atoms with Gasteiger partial charge in [-0.25, -0.2) is 4.98 Å². The monoisotopic (exact) mass is 287 g/mol. The van der Waals surface area contributed by atoms with Crippen molar-refractivity contribution in [2.45, 2.75) is 25.7 Å². The van der Waals surface area contributed by atoms with Gasteiger partial charge in [-0.15, -0.1) is 11.3 Å². The predicted octanol–water partition coefficient (Wildman–Crippen LogP) is 2.87. The molecule has 0 aliphatic carbocycles. The molecule has 3 heterocycles. The number of amides is 1. The predicted molar refractivity (Wildman–Crippen MR) is 79.0 cm³/mol. The Kier molecular flexibility index (Phi) is 3.78. The molecule has 4 nitrogen and oxygen atoms in total. The molecule has 0 bridgehead atoms. The lowest BCUT2D eigenvalue weighted by molar-refractivity contribution is 0.0708. The van der Waals surface area contributed by atoms with Gasteiger partial charge >= 0.3 is 0 Å². The Labute approximate surface area is 122 Å². The van der Waals surface area contributed by atoms with Crippen molar-refractivity contribution in [3.8, 4) is 0 Å². The van der Waals surface area contributed by atoms with E-state index in [2.05, 4.69) is 22.1 Å². The molecule has 20 heavy (non-hydrogen) atoms. The molecular weight excluding hydrogens is 270 g/mol. The van der Waals surface area contributed by atoms with Crippen molar-refractivity contribution in [1.29, 1.82) is 0 Å². The number of thiazole rings is 1. The summed E-state index contributed by atoms with van der Waals surface area (Å²) >= 11 is 1.47. The van der Waals surface area contributed by atoms with Crippen LogP contribution in [0.4, 0.5) is 0 Å². The van der Waals surface area contributed by atoms with Crippen LogP contribution in [0.1, 0.15) is 40.5 Å². The zero-order valence-electron chi connectivity index (χ0n) is 11.5. The normalized spacial score (nSPS) is 16.4. The number of piperidine rings is 1. The molecule has 0 unspecified atom stereocenters. The summed E-state index contributed by atoms with van der Waals surface area (Å²) in [6.07, 6.45) is 3.90. The van der Waals surface area contributed by atoms with Gasteiger partial charge in [0.15, 0.2) is 0 Å². The molecule has 0 radical (unpaired) electrons. The first-order valence-electron chi connectivity index (χ1n) is 6.84. The average Bonchev–Trinajstić information content (AvgIpc) is 3.01. The summed E-state index contributed by atoms with van der Waals surface area (Å²) in [5.74, 6) is 0.604. The Morgan fingerprint density at radius 1 is 1.35 bits per heavy atom. The number of rotatable bonds is 2. The van der Waals surface area contributed by atoms with Crippen LogP contribution in [0, 0.1) is 6.92 Å². The maximum atomic E-state index is 12.2. The quantitative estimate of drug-likeness (QED) is 0.853. The molecule has 5 heteroatoms. The minimum absolute atomic E-state index is 0.0654. The van der Waals surface area contributed by atoms with Gasteiger partial charge in [0.05, 0.1) is 5.51 Å².